The summed E-state index contributed by atoms with van der Waals surface area (Å²) in [6.07, 6.45) is 3.10. The third-order valence-electron chi connectivity index (χ3n) is 12.2. The van der Waals surface area contributed by atoms with Crippen molar-refractivity contribution >= 4 is 250 Å². The molecule has 0 aliphatic rings. The summed E-state index contributed by atoms with van der Waals surface area (Å²) < 4.78 is 75.8. The zero-order valence-corrected chi connectivity index (χ0v) is 106. The summed E-state index contributed by atoms with van der Waals surface area (Å²) >= 11 is 0. The third kappa shape index (κ3) is 94.7. The highest BCUT2D eigenvalue weighted by Crippen LogP contribution is 2.34. The highest BCUT2D eigenvalue weighted by atomic mass is 30.3. The molecule has 0 aromatic heterocycles. The van der Waals surface area contributed by atoms with E-state index in [2.05, 4.69) is 161 Å². The van der Waals surface area contributed by atoms with Gasteiger partial charge in [-0.2, -0.15) is 0 Å². The smallest absolute Gasteiger partial charge is 0.482 e. The summed E-state index contributed by atoms with van der Waals surface area (Å²) in [5, 5.41) is 0. The lowest BCUT2D eigenvalue weighted by Crippen LogP contribution is -2.95. The van der Waals surface area contributed by atoms with Crippen LogP contribution in [0.15, 0.2) is 0 Å². The Kier molecular flexibility index (Phi) is 94.7. The maximum Gasteiger partial charge on any atom is 0.482 e. The van der Waals surface area contributed by atoms with Gasteiger partial charge in [0.15, 0.2) is 143 Å². The fourth-order valence-corrected chi connectivity index (χ4v) is 267. The Morgan fingerprint density at radius 2 is 0.583 bits per heavy atom. The first-order valence-electron chi connectivity index (χ1n) is 35.7. The maximum absolute atomic E-state index is 10.8. The molecule has 56 heteroatoms. The molecule has 0 aliphatic carbocycles. The van der Waals surface area contributed by atoms with Crippen molar-refractivity contribution in [3.8, 4) is 0 Å². The van der Waals surface area contributed by atoms with Gasteiger partial charge in [0, 0.05) is 9.52 Å². The molecule has 0 aliphatic heterocycles. The molecule has 0 aromatic carbocycles. The van der Waals surface area contributed by atoms with Crippen molar-refractivity contribution in [2.75, 3.05) is 19.6 Å². The van der Waals surface area contributed by atoms with Gasteiger partial charge in [-0.25, -0.2) is 0 Å². The largest absolute Gasteiger partial charge is 0.565 e. The molecule has 108 heavy (non-hydrogen) atoms. The van der Waals surface area contributed by atoms with Gasteiger partial charge in [-0.05, 0) is 273 Å². The molecule has 27 nitrogen and oxygen atoms in total. The van der Waals surface area contributed by atoms with Crippen molar-refractivity contribution in [2.45, 2.75) is 324 Å². The van der Waals surface area contributed by atoms with Crippen molar-refractivity contribution in [3.05, 3.63) is 0 Å². The Labute approximate surface area is 712 Å². The van der Waals surface area contributed by atoms with Gasteiger partial charge < -0.3 is 124 Å². The van der Waals surface area contributed by atoms with Crippen LogP contribution in [0, 0.1) is 0 Å². The molecule has 0 aromatic rings. The van der Waals surface area contributed by atoms with Crippen LogP contribution in [-0.2, 0) is 49.7 Å². The molecule has 1 unspecified atom stereocenters. The second-order valence-electron chi connectivity index (χ2n) is 35.4. The van der Waals surface area contributed by atoms with Crippen LogP contribution in [-0.4, -0.2) is 327 Å². The highest BCUT2D eigenvalue weighted by molar-refractivity contribution is 8.07. The molecule has 676 valence electrons. The molecule has 0 saturated heterocycles. The van der Waals surface area contributed by atoms with Crippen molar-refractivity contribution in [2.24, 2.45) is 17.2 Å². The zero-order valence-electron chi connectivity index (χ0n) is 72.1. The molecular formula is C52H193N3O24Si29. The van der Waals surface area contributed by atoms with Gasteiger partial charge in [0.2, 0.25) is 6.87 Å². The van der Waals surface area contributed by atoms with E-state index in [0.29, 0.717) is 16.1 Å². The standard InChI is InChI=1S/2C10H29NO2Si3.C8H24O2Si3.C5H15NOSi.C5H38O11Si13.2C3H10OSi.C2H8Si.6CH4.H6O4Si3/c2*1-14(2,3)12-16(6,7)13-15(4,5)10-8-9-11;1-11(2,3)9-13(7,8)10-12(4,5)6;1-8(2,7)5-3-4-6;1-25(2,3)15-24-16-28(21-10,22-11)29(23-12,14-18-7)26(4,5)27(19-8,20-9)13-17-6;2*1-5(2,3)4;1-3-2;;;;;;;1-5-4-7(3)6-2/h2*8-11H2,1-7H3;1-8H3;7H,3-6H2,1-2H3;6-12H,17-24H2,1-5H3;2*4H,1-3H3;3H2,1-2H3;6*1H4;1-2H,5-6H2. The van der Waals surface area contributed by atoms with Crippen LogP contribution in [0.2, 0.25) is 260 Å². The van der Waals surface area contributed by atoms with Crippen molar-refractivity contribution in [1.29, 1.82) is 0 Å². The van der Waals surface area contributed by atoms with Crippen LogP contribution in [0.4, 0.5) is 0 Å². The predicted molar refractivity (Wildman–Crippen MR) is 550 cm³/mol. The minimum atomic E-state index is -3.34. The third-order valence-corrected chi connectivity index (χ3v) is 208. The molecular weight excluding hydrogens is 1870 g/mol. The molecule has 0 rings (SSSR count). The van der Waals surface area contributed by atoms with E-state index in [-0.39, 0.29) is 44.6 Å². The summed E-state index contributed by atoms with van der Waals surface area (Å²) in [5.41, 5.74) is 16.4. The molecule has 0 spiro atoms. The van der Waals surface area contributed by atoms with Crippen LogP contribution in [0.1, 0.15) is 63.8 Å². The Hall–Kier alpha value is 4.89. The Morgan fingerprint density at radius 3 is 0.750 bits per heavy atom. The lowest BCUT2D eigenvalue weighted by atomic mass is 10.5. The van der Waals surface area contributed by atoms with Crippen LogP contribution in [0.25, 0.3) is 0 Å². The van der Waals surface area contributed by atoms with Gasteiger partial charge in [0.1, 0.15) is 0 Å². The monoisotopic (exact) mass is 2060 g/mol. The average Bonchev–Trinajstić information content (AvgIpc) is 0.712. The van der Waals surface area contributed by atoms with Crippen LogP contribution >= 0.6 is 0 Å². The molecule has 0 amide bonds. The summed E-state index contributed by atoms with van der Waals surface area (Å²) in [6, 6.07) is 3.20. The van der Waals surface area contributed by atoms with Gasteiger partial charge >= 0.3 is 44.1 Å². The second kappa shape index (κ2) is 69.3. The molecule has 0 radical (unpaired) electrons. The minimum absolute atomic E-state index is 0. The van der Waals surface area contributed by atoms with E-state index in [4.69, 9.17) is 77.5 Å². The van der Waals surface area contributed by atoms with Crippen molar-refractivity contribution in [1.82, 2.24) is 0 Å². The zero-order chi connectivity index (χ0) is 84.0. The normalized spacial score (nSPS) is 15.0. The van der Waals surface area contributed by atoms with E-state index in [9.17, 15) is 42.8 Å². The van der Waals surface area contributed by atoms with Gasteiger partial charge in [-0.1, -0.05) is 70.7 Å². The number of nitrogens with two attached hydrogens (primary N) is 3. The molecule has 0 saturated carbocycles. The quantitative estimate of drug-likeness (QED) is 0.0389. The fourth-order valence-electron chi connectivity index (χ4n) is 9.57. The Morgan fingerprint density at radius 1 is 0.333 bits per heavy atom. The maximum atomic E-state index is 10.8. The second-order valence-corrected chi connectivity index (χ2v) is 174. The van der Waals surface area contributed by atoms with E-state index in [1.165, 1.54) is 0 Å². The summed E-state index contributed by atoms with van der Waals surface area (Å²) in [7, 11) is -44.1. The van der Waals surface area contributed by atoms with Crippen LogP contribution in [0.5, 0.6) is 0 Å². The van der Waals surface area contributed by atoms with Crippen LogP contribution < -0.4 is 17.2 Å². The molecule has 18 N–H and O–H groups in total. The first-order chi connectivity index (χ1) is 45.0. The topological polar surface area (TPSA) is 439 Å². The number of hydrogen-bond acceptors (Lipinski definition) is 27. The molecule has 0 heterocycles. The van der Waals surface area contributed by atoms with Crippen molar-refractivity contribution in [3.63, 3.8) is 0 Å². The molecule has 0 bridgehead atoms. The summed E-state index contributed by atoms with van der Waals surface area (Å²) in [6.45, 7) is 70.9. The average molecular weight is 2060 g/mol. The fraction of sp³-hybridized carbons (Fsp3) is 1.00. The minimum Gasteiger partial charge on any atom is -0.565 e. The molecule has 1 atom stereocenters. The van der Waals surface area contributed by atoms with E-state index in [1.54, 1.807) is 0 Å². The number of hydrogen-bond donors (Lipinski definition) is 15. The summed E-state index contributed by atoms with van der Waals surface area (Å²) in [5.74, 6) is 0. The Bertz CT molecular complexity index is 1950. The van der Waals surface area contributed by atoms with E-state index in [1.807, 2.05) is 85.1 Å². The van der Waals surface area contributed by atoms with Gasteiger partial charge in [0.25, 0.3) is 39.3 Å². The van der Waals surface area contributed by atoms with Crippen molar-refractivity contribution < 1.29 is 107 Å². The Balaban J connectivity index is -0.0000000739. The van der Waals surface area contributed by atoms with Gasteiger partial charge in [0.05, 0.1) is 7.11 Å². The van der Waals surface area contributed by atoms with E-state index < -0.39 is 241 Å². The highest BCUT2D eigenvalue weighted by Gasteiger charge is 2.74. The lowest BCUT2D eigenvalue weighted by Gasteiger charge is -2.56. The lowest BCUT2D eigenvalue weighted by molar-refractivity contribution is 0.389. The van der Waals surface area contributed by atoms with Gasteiger partial charge in [-0.3, -0.25) is 0 Å². The predicted octanol–water partition coefficient (Wildman–Crippen LogP) is 1.84. The van der Waals surface area contributed by atoms with E-state index in [0.717, 1.165) is 50.5 Å². The first-order valence-corrected chi connectivity index (χ1v) is 116. The van der Waals surface area contributed by atoms with Crippen LogP contribution in [0.3, 0.4) is 0 Å². The SMILES string of the molecule is C.C.C.C.C.C.C[SiH2]C.C[Si](C)(C)O.C[Si](C)(C)O.C[Si](C)(C)O[SiH2]O[Si]([SiH2]O)([SiH2]O)[Si](O[SiH2]O)([SiH2]O)[Si](C)(C)[Si](O[SiH2]O)([SiH2]O)[SiH2]O.C[Si](C)(C)O[Si](C)(C)O[Si](C)(C)C.C[Si](C)(C)O[Si](C)(C)O[Si](C)(C)CCCN.C[Si](C)(C)O[Si](C)(C)O[Si](C)(C)CCCN.C[Si](C)(O)CCCN.O=[Si](O[SiH2]O)[SiH2]O. The van der Waals surface area contributed by atoms with E-state index >= 15 is 0 Å². The molecule has 0 fully saturated rings. The van der Waals surface area contributed by atoms with Gasteiger partial charge in [-0.15, -0.1) is 0 Å². The number of rotatable bonds is 40. The summed E-state index contributed by atoms with van der Waals surface area (Å²) in [4.78, 5) is 115. The first kappa shape index (κ1) is 147.